The molecule has 0 aromatic heterocycles. The van der Waals surface area contributed by atoms with Crippen LogP contribution in [0.25, 0.3) is 0 Å². The lowest BCUT2D eigenvalue weighted by atomic mass is 9.34. The average molecular weight is 346 g/mol. The Hall–Kier alpha value is -0.750. The van der Waals surface area contributed by atoms with Gasteiger partial charge in [-0.25, -0.2) is 0 Å². The summed E-state index contributed by atoms with van der Waals surface area (Å²) in [6.45, 7) is 8.39. The normalized spacial score (nSPS) is 63.0. The van der Waals surface area contributed by atoms with Crippen molar-refractivity contribution in [1.29, 1.82) is 0 Å². The molecule has 2 N–H and O–H groups in total. The third-order valence-corrected chi connectivity index (χ3v) is 9.05. The molecule has 0 radical (unpaired) electrons. The number of carbonyl (C=O) groups is 1. The summed E-state index contributed by atoms with van der Waals surface area (Å²) >= 11 is 0. The van der Waals surface area contributed by atoms with Crippen LogP contribution in [0.2, 0.25) is 0 Å². The van der Waals surface area contributed by atoms with Crippen LogP contribution in [0.4, 0.5) is 0 Å². The van der Waals surface area contributed by atoms with E-state index in [1.807, 2.05) is 0 Å². The van der Waals surface area contributed by atoms with Crippen molar-refractivity contribution < 1.29 is 24.5 Å². The summed E-state index contributed by atoms with van der Waals surface area (Å²) < 4.78 is 12.4. The van der Waals surface area contributed by atoms with Gasteiger partial charge in [-0.1, -0.05) is 26.8 Å². The summed E-state index contributed by atoms with van der Waals surface area (Å²) in [4.78, 5) is 13.4. The molecule has 5 nitrogen and oxygen atoms in total. The smallest absolute Gasteiger partial charge is 0.211 e. The molecule has 136 valence electrons. The van der Waals surface area contributed by atoms with Crippen LogP contribution in [0.3, 0.4) is 0 Å². The highest BCUT2D eigenvalue weighted by Gasteiger charge is 2.91. The van der Waals surface area contributed by atoms with Gasteiger partial charge in [0.1, 0.15) is 11.5 Å². The fourth-order valence-electron chi connectivity index (χ4n) is 8.46. The molecule has 8 rings (SSSR count). The van der Waals surface area contributed by atoms with Gasteiger partial charge in [0.15, 0.2) is 12.1 Å². The molecule has 4 saturated carbocycles. The molecule has 4 aliphatic heterocycles. The van der Waals surface area contributed by atoms with Gasteiger partial charge >= 0.3 is 0 Å². The van der Waals surface area contributed by atoms with Gasteiger partial charge in [0.2, 0.25) is 5.79 Å². The van der Waals surface area contributed by atoms with Crippen molar-refractivity contribution in [2.24, 2.45) is 34.0 Å². The Morgan fingerprint density at radius 2 is 2.00 bits per heavy atom. The number of ether oxygens (including phenoxy) is 2. The van der Waals surface area contributed by atoms with E-state index in [-0.39, 0.29) is 40.5 Å². The third-order valence-electron chi connectivity index (χ3n) is 9.05. The first kappa shape index (κ1) is 15.3. The van der Waals surface area contributed by atoms with Crippen molar-refractivity contribution >= 4 is 5.78 Å². The Morgan fingerprint density at radius 1 is 1.24 bits per heavy atom. The second-order valence-corrected chi connectivity index (χ2v) is 10.0. The Labute approximate surface area is 147 Å². The van der Waals surface area contributed by atoms with E-state index in [4.69, 9.17) is 9.47 Å². The summed E-state index contributed by atoms with van der Waals surface area (Å²) in [6, 6.07) is 0. The van der Waals surface area contributed by atoms with Gasteiger partial charge in [-0.05, 0) is 42.6 Å². The highest BCUT2D eigenvalue weighted by atomic mass is 16.8. The van der Waals surface area contributed by atoms with E-state index in [1.54, 1.807) is 0 Å². The Balaban J connectivity index is 1.68. The number of hydrogen-bond donors (Lipinski definition) is 2. The highest BCUT2D eigenvalue weighted by Crippen LogP contribution is 2.81. The molecule has 2 spiro atoms. The van der Waals surface area contributed by atoms with Crippen molar-refractivity contribution in [2.75, 3.05) is 0 Å². The molecule has 25 heavy (non-hydrogen) atoms. The van der Waals surface area contributed by atoms with E-state index >= 15 is 0 Å². The summed E-state index contributed by atoms with van der Waals surface area (Å²) in [6.07, 6.45) is 2.73. The lowest BCUT2D eigenvalue weighted by Gasteiger charge is -2.79. The molecule has 0 aromatic rings. The number of aliphatic hydroxyl groups excluding tert-OH is 1. The third kappa shape index (κ3) is 1.18. The molecule has 5 heteroatoms. The van der Waals surface area contributed by atoms with Crippen molar-refractivity contribution in [3.05, 3.63) is 12.2 Å². The second kappa shape index (κ2) is 3.91. The molecule has 8 fully saturated rings. The second-order valence-electron chi connectivity index (χ2n) is 10.0. The minimum Gasteiger partial charge on any atom is -0.387 e. The van der Waals surface area contributed by atoms with Crippen LogP contribution in [0, 0.1) is 34.0 Å². The maximum atomic E-state index is 13.4. The first-order valence-electron chi connectivity index (χ1n) is 9.70. The van der Waals surface area contributed by atoms with Gasteiger partial charge in [-0.2, -0.15) is 0 Å². The highest BCUT2D eigenvalue weighted by molar-refractivity contribution is 6.05. The van der Waals surface area contributed by atoms with E-state index in [2.05, 4.69) is 20.4 Å². The average Bonchev–Trinajstić information content (AvgIpc) is 2.68. The number of carbonyl (C=O) groups excluding carboxylic acids is 1. The monoisotopic (exact) mass is 346 g/mol. The van der Waals surface area contributed by atoms with E-state index in [0.717, 1.165) is 32.1 Å². The number of ketones is 1. The van der Waals surface area contributed by atoms with E-state index in [1.165, 1.54) is 0 Å². The molecule has 1 unspecified atom stereocenters. The minimum atomic E-state index is -1.85. The minimum absolute atomic E-state index is 0.0125. The molecule has 0 amide bonds. The number of aliphatic hydroxyl groups is 2. The molecule has 0 aromatic carbocycles. The van der Waals surface area contributed by atoms with E-state index in [0.29, 0.717) is 5.57 Å². The predicted octanol–water partition coefficient (Wildman–Crippen LogP) is 1.77. The molecule has 7 bridgehead atoms. The molecular weight excluding hydrogens is 320 g/mol. The number of rotatable bonds is 0. The first-order chi connectivity index (χ1) is 11.7. The lowest BCUT2D eigenvalue weighted by molar-refractivity contribution is -0.549. The molecule has 4 saturated heterocycles. The number of Topliss-reactive ketones (excluding diaryl/α,β-unsaturated/α-hetero) is 1. The summed E-state index contributed by atoms with van der Waals surface area (Å²) in [5.41, 5.74) is -1.10. The molecular formula is C20H26O5. The fraction of sp³-hybridized carbons (Fsp3) is 0.850. The van der Waals surface area contributed by atoms with Gasteiger partial charge in [0, 0.05) is 17.3 Å². The standard InChI is InChI=1S/C20H26O5/c1-9-10-5-6-11-18-8-4-7-17(2,3)12(18)14(22)20(23)19(11,13(9)21)15(10)24-16(18)25-20/h10-12,14-16,22-23H,1,4-8H2,2-3H3/t10-,11-,12+,14-,15-,16?,18+,19-,20+/m0/s1. The van der Waals surface area contributed by atoms with Gasteiger partial charge in [-0.3, -0.25) is 4.79 Å². The maximum absolute atomic E-state index is 13.4. The van der Waals surface area contributed by atoms with Crippen LogP contribution in [0.15, 0.2) is 12.2 Å². The van der Waals surface area contributed by atoms with Crippen LogP contribution in [0.1, 0.15) is 46.0 Å². The maximum Gasteiger partial charge on any atom is 0.211 e. The zero-order valence-electron chi connectivity index (χ0n) is 14.8. The molecule has 8 aliphatic rings. The summed E-state index contributed by atoms with van der Waals surface area (Å²) in [5.74, 6) is -2.11. The van der Waals surface area contributed by atoms with Crippen molar-refractivity contribution in [3.63, 3.8) is 0 Å². The molecule has 9 atom stereocenters. The van der Waals surface area contributed by atoms with Crippen molar-refractivity contribution in [1.82, 2.24) is 0 Å². The Kier molecular flexibility index (Phi) is 2.40. The summed E-state index contributed by atoms with van der Waals surface area (Å²) in [5, 5.41) is 23.1. The SMILES string of the molecule is C=C1C(=O)[C@@]23[C@H]4OC5O[C@]2(O)[C@@H](O)[C@@H]2C(C)(C)CCC[C@]52[C@@H]3CC[C@@H]14. The van der Waals surface area contributed by atoms with Gasteiger partial charge in [0.05, 0.1) is 6.10 Å². The number of hydrogen-bond acceptors (Lipinski definition) is 5. The van der Waals surface area contributed by atoms with Crippen LogP contribution >= 0.6 is 0 Å². The van der Waals surface area contributed by atoms with Crippen molar-refractivity contribution in [2.45, 2.75) is 70.2 Å². The van der Waals surface area contributed by atoms with Crippen LogP contribution < -0.4 is 0 Å². The lowest BCUT2D eigenvalue weighted by Crippen LogP contribution is -2.89. The van der Waals surface area contributed by atoms with Gasteiger partial charge in [0.25, 0.3) is 0 Å². The van der Waals surface area contributed by atoms with Gasteiger partial charge < -0.3 is 19.7 Å². The largest absolute Gasteiger partial charge is 0.387 e. The van der Waals surface area contributed by atoms with Crippen LogP contribution in [0.5, 0.6) is 0 Å². The Bertz CT molecular complexity index is 730. The predicted molar refractivity (Wildman–Crippen MR) is 87.1 cm³/mol. The van der Waals surface area contributed by atoms with Crippen molar-refractivity contribution in [3.8, 4) is 0 Å². The van der Waals surface area contributed by atoms with Gasteiger partial charge in [-0.15, -0.1) is 0 Å². The quantitative estimate of drug-likeness (QED) is 0.654. The van der Waals surface area contributed by atoms with E-state index < -0.39 is 23.6 Å². The van der Waals surface area contributed by atoms with E-state index in [9.17, 15) is 15.0 Å². The van der Waals surface area contributed by atoms with Crippen LogP contribution in [-0.4, -0.2) is 40.3 Å². The molecule has 4 aliphatic carbocycles. The zero-order valence-corrected chi connectivity index (χ0v) is 14.8. The first-order valence-corrected chi connectivity index (χ1v) is 9.70. The molecule has 4 heterocycles. The fourth-order valence-corrected chi connectivity index (χ4v) is 8.46. The Morgan fingerprint density at radius 3 is 2.76 bits per heavy atom. The topological polar surface area (TPSA) is 76.0 Å². The van der Waals surface area contributed by atoms with Crippen LogP contribution in [-0.2, 0) is 14.3 Å². The zero-order chi connectivity index (χ0) is 17.6. The summed E-state index contributed by atoms with van der Waals surface area (Å²) in [7, 11) is 0.